The van der Waals surface area contributed by atoms with Crippen molar-refractivity contribution in [3.05, 3.63) is 23.8 Å². The van der Waals surface area contributed by atoms with Crippen LogP contribution < -0.4 is 10.6 Å². The van der Waals surface area contributed by atoms with Gasteiger partial charge in [0.25, 0.3) is 0 Å². The normalized spacial score (nSPS) is 16.9. The summed E-state index contributed by atoms with van der Waals surface area (Å²) in [5, 5.41) is 0. The van der Waals surface area contributed by atoms with Gasteiger partial charge in [0, 0.05) is 31.5 Å². The summed E-state index contributed by atoms with van der Waals surface area (Å²) in [7, 11) is 1.67. The van der Waals surface area contributed by atoms with E-state index in [1.807, 2.05) is 0 Å². The summed E-state index contributed by atoms with van der Waals surface area (Å²) in [5.41, 5.74) is 4.53. The van der Waals surface area contributed by atoms with Gasteiger partial charge in [-0.25, -0.2) is 0 Å². The van der Waals surface area contributed by atoms with Crippen LogP contribution in [-0.4, -0.2) is 37.5 Å². The van der Waals surface area contributed by atoms with Gasteiger partial charge in [-0.15, -0.1) is 0 Å². The first-order chi connectivity index (χ1) is 8.79. The van der Waals surface area contributed by atoms with Crippen molar-refractivity contribution in [2.75, 3.05) is 37.3 Å². The number of nitrogens with two attached hydrogens (primary N) is 1. The number of anilines is 2. The van der Waals surface area contributed by atoms with E-state index in [1.54, 1.807) is 16.8 Å². The molecule has 1 aliphatic heterocycles. The third kappa shape index (κ3) is 2.74. The number of carbonyl (C=O) groups is 1. The van der Waals surface area contributed by atoms with E-state index < -0.39 is 11.7 Å². The van der Waals surface area contributed by atoms with Crippen molar-refractivity contribution < 1.29 is 18.0 Å². The van der Waals surface area contributed by atoms with Crippen LogP contribution in [-0.2, 0) is 11.0 Å². The number of carbonyl (C=O) groups excluding carboxylic acids is 1. The number of rotatable bonds is 1. The zero-order chi connectivity index (χ0) is 14.2. The van der Waals surface area contributed by atoms with E-state index in [-0.39, 0.29) is 18.1 Å². The molecule has 0 aromatic heterocycles. The molecule has 104 valence electrons. The summed E-state index contributed by atoms with van der Waals surface area (Å²) in [6.45, 7) is 1.08. The molecule has 1 heterocycles. The predicted molar refractivity (Wildman–Crippen MR) is 65.7 cm³/mol. The second kappa shape index (κ2) is 4.64. The summed E-state index contributed by atoms with van der Waals surface area (Å²) in [6.07, 6.45) is -4.49. The van der Waals surface area contributed by atoms with Gasteiger partial charge >= 0.3 is 6.18 Å². The SMILES string of the molecule is CN1CCN(c2ccc(N)c(C(F)(F)F)c2)CC1=O. The van der Waals surface area contributed by atoms with Crippen LogP contribution in [0.2, 0.25) is 0 Å². The highest BCUT2D eigenvalue weighted by Crippen LogP contribution is 2.36. The number of hydrogen-bond acceptors (Lipinski definition) is 3. The van der Waals surface area contributed by atoms with E-state index in [2.05, 4.69) is 0 Å². The molecule has 0 atom stereocenters. The van der Waals surface area contributed by atoms with Gasteiger partial charge < -0.3 is 15.5 Å². The molecule has 2 rings (SSSR count). The fourth-order valence-corrected chi connectivity index (χ4v) is 1.97. The molecule has 1 aromatic rings. The summed E-state index contributed by atoms with van der Waals surface area (Å²) in [4.78, 5) is 14.7. The summed E-state index contributed by atoms with van der Waals surface area (Å²) in [5.74, 6) is -0.114. The van der Waals surface area contributed by atoms with Gasteiger partial charge in [0.1, 0.15) is 0 Å². The van der Waals surface area contributed by atoms with Gasteiger partial charge in [-0.1, -0.05) is 0 Å². The lowest BCUT2D eigenvalue weighted by Crippen LogP contribution is -2.48. The number of halogens is 3. The van der Waals surface area contributed by atoms with Gasteiger partial charge in [-0.05, 0) is 18.2 Å². The number of amides is 1. The molecule has 1 amide bonds. The second-order valence-corrected chi connectivity index (χ2v) is 4.51. The minimum Gasteiger partial charge on any atom is -0.398 e. The summed E-state index contributed by atoms with van der Waals surface area (Å²) >= 11 is 0. The quantitative estimate of drug-likeness (QED) is 0.790. The minimum atomic E-state index is -4.49. The van der Waals surface area contributed by atoms with Gasteiger partial charge in [-0.3, -0.25) is 4.79 Å². The number of piperazine rings is 1. The lowest BCUT2D eigenvalue weighted by Gasteiger charge is -2.33. The van der Waals surface area contributed by atoms with Crippen LogP contribution >= 0.6 is 0 Å². The first kappa shape index (κ1) is 13.5. The van der Waals surface area contributed by atoms with E-state index >= 15 is 0 Å². The van der Waals surface area contributed by atoms with Gasteiger partial charge in [0.05, 0.1) is 12.1 Å². The number of nitrogen functional groups attached to an aromatic ring is 1. The van der Waals surface area contributed by atoms with Crippen LogP contribution in [0.4, 0.5) is 24.5 Å². The highest BCUT2D eigenvalue weighted by atomic mass is 19.4. The van der Waals surface area contributed by atoms with Crippen molar-refractivity contribution in [1.29, 1.82) is 0 Å². The van der Waals surface area contributed by atoms with Gasteiger partial charge in [-0.2, -0.15) is 13.2 Å². The Morgan fingerprint density at radius 2 is 1.95 bits per heavy atom. The molecule has 0 saturated carbocycles. The largest absolute Gasteiger partial charge is 0.418 e. The van der Waals surface area contributed by atoms with Crippen LogP contribution in [0.15, 0.2) is 18.2 Å². The van der Waals surface area contributed by atoms with Crippen LogP contribution in [0.5, 0.6) is 0 Å². The number of nitrogens with zero attached hydrogens (tertiary/aromatic N) is 2. The Hall–Kier alpha value is -1.92. The highest BCUT2D eigenvalue weighted by molar-refractivity contribution is 5.82. The first-order valence-electron chi connectivity index (χ1n) is 5.74. The molecule has 0 radical (unpaired) electrons. The molecule has 1 aromatic carbocycles. The number of alkyl halides is 3. The molecule has 0 unspecified atom stereocenters. The van der Waals surface area contributed by atoms with Gasteiger partial charge in [0.15, 0.2) is 0 Å². The molecular weight excluding hydrogens is 259 g/mol. The van der Waals surface area contributed by atoms with Crippen LogP contribution in [0.3, 0.4) is 0 Å². The Morgan fingerprint density at radius 1 is 1.26 bits per heavy atom. The monoisotopic (exact) mass is 273 g/mol. The average Bonchev–Trinajstić information content (AvgIpc) is 2.32. The topological polar surface area (TPSA) is 49.6 Å². The zero-order valence-electron chi connectivity index (χ0n) is 10.4. The molecule has 1 saturated heterocycles. The molecule has 4 nitrogen and oxygen atoms in total. The van der Waals surface area contributed by atoms with Crippen molar-refractivity contribution in [2.24, 2.45) is 0 Å². The van der Waals surface area contributed by atoms with E-state index in [0.717, 1.165) is 6.07 Å². The molecule has 1 fully saturated rings. The Morgan fingerprint density at radius 3 is 2.53 bits per heavy atom. The van der Waals surface area contributed by atoms with Crippen LogP contribution in [0.1, 0.15) is 5.56 Å². The molecule has 1 aliphatic rings. The lowest BCUT2D eigenvalue weighted by molar-refractivity contribution is -0.136. The molecule has 7 heteroatoms. The maximum atomic E-state index is 12.8. The summed E-state index contributed by atoms with van der Waals surface area (Å²) < 4.78 is 38.3. The zero-order valence-corrected chi connectivity index (χ0v) is 10.4. The maximum Gasteiger partial charge on any atom is 0.418 e. The molecular formula is C12H14F3N3O. The third-order valence-electron chi connectivity index (χ3n) is 3.16. The molecule has 19 heavy (non-hydrogen) atoms. The first-order valence-corrected chi connectivity index (χ1v) is 5.74. The molecule has 0 aliphatic carbocycles. The number of benzene rings is 1. The Bertz CT molecular complexity index is 501. The number of likely N-dealkylation sites (N-methyl/N-ethyl adjacent to an activating group) is 1. The van der Waals surface area contributed by atoms with Crippen molar-refractivity contribution in [1.82, 2.24) is 4.90 Å². The van der Waals surface area contributed by atoms with E-state index in [0.29, 0.717) is 18.8 Å². The van der Waals surface area contributed by atoms with Crippen molar-refractivity contribution in [2.45, 2.75) is 6.18 Å². The molecule has 0 bridgehead atoms. The highest BCUT2D eigenvalue weighted by Gasteiger charge is 2.34. The van der Waals surface area contributed by atoms with Gasteiger partial charge in [0.2, 0.25) is 5.91 Å². The third-order valence-corrected chi connectivity index (χ3v) is 3.16. The Kier molecular flexibility index (Phi) is 3.30. The average molecular weight is 273 g/mol. The van der Waals surface area contributed by atoms with Crippen molar-refractivity contribution >= 4 is 17.3 Å². The second-order valence-electron chi connectivity index (χ2n) is 4.51. The smallest absolute Gasteiger partial charge is 0.398 e. The van der Waals surface area contributed by atoms with Crippen molar-refractivity contribution in [3.63, 3.8) is 0 Å². The van der Waals surface area contributed by atoms with Crippen LogP contribution in [0, 0.1) is 0 Å². The van der Waals surface area contributed by atoms with E-state index in [4.69, 9.17) is 5.73 Å². The Balaban J connectivity index is 2.29. The van der Waals surface area contributed by atoms with Crippen LogP contribution in [0.25, 0.3) is 0 Å². The van der Waals surface area contributed by atoms with E-state index in [1.165, 1.54) is 12.1 Å². The Labute approximate surface area is 108 Å². The standard InChI is InChI=1S/C12H14F3N3O/c1-17-4-5-18(7-11(17)19)8-2-3-10(16)9(6-8)12(13,14)15/h2-3,6H,4-5,7,16H2,1H3. The summed E-state index contributed by atoms with van der Waals surface area (Å²) in [6, 6.07) is 3.72. The molecule has 2 N–H and O–H groups in total. The fourth-order valence-electron chi connectivity index (χ4n) is 1.97. The van der Waals surface area contributed by atoms with Crippen molar-refractivity contribution in [3.8, 4) is 0 Å². The molecule has 0 spiro atoms. The predicted octanol–water partition coefficient (Wildman–Crippen LogP) is 1.57. The van der Waals surface area contributed by atoms with E-state index in [9.17, 15) is 18.0 Å². The maximum absolute atomic E-state index is 12.8. The number of hydrogen-bond donors (Lipinski definition) is 1. The minimum absolute atomic E-state index is 0.0811. The fraction of sp³-hybridized carbons (Fsp3) is 0.417. The lowest BCUT2D eigenvalue weighted by atomic mass is 10.1.